The van der Waals surface area contributed by atoms with Crippen molar-refractivity contribution in [3.63, 3.8) is 0 Å². The lowest BCUT2D eigenvalue weighted by Gasteiger charge is -2.22. The number of carbonyl (C=O) groups is 1. The van der Waals surface area contributed by atoms with Crippen molar-refractivity contribution in [2.45, 2.75) is 19.8 Å². The molecule has 5 nitrogen and oxygen atoms in total. The number of rotatable bonds is 0. The van der Waals surface area contributed by atoms with Gasteiger partial charge in [0.15, 0.2) is 0 Å². The molecule has 1 aliphatic carbocycles. The average Bonchev–Trinajstić information content (AvgIpc) is 2.78. The van der Waals surface area contributed by atoms with Crippen LogP contribution >= 0.6 is 0 Å². The molecular formula is C17H16N4O. The van der Waals surface area contributed by atoms with E-state index in [1.165, 1.54) is 11.1 Å². The predicted octanol–water partition coefficient (Wildman–Crippen LogP) is 2.47. The van der Waals surface area contributed by atoms with E-state index in [0.717, 1.165) is 22.5 Å². The first-order valence-electron chi connectivity index (χ1n) is 7.20. The van der Waals surface area contributed by atoms with E-state index in [9.17, 15) is 4.79 Å². The highest BCUT2D eigenvalue weighted by Gasteiger charge is 2.32. The predicted molar refractivity (Wildman–Crippen MR) is 86.9 cm³/mol. The van der Waals surface area contributed by atoms with Crippen LogP contribution in [0.4, 0.5) is 5.69 Å². The minimum atomic E-state index is -0.269. The lowest BCUT2D eigenvalue weighted by atomic mass is 9.82. The molecular weight excluding hydrogens is 276 g/mol. The largest absolute Gasteiger partial charge is 0.397 e. The number of aryl methyl sites for hydroxylation is 2. The van der Waals surface area contributed by atoms with Gasteiger partial charge in [0.2, 0.25) is 0 Å². The van der Waals surface area contributed by atoms with Crippen molar-refractivity contribution in [3.8, 4) is 0 Å². The van der Waals surface area contributed by atoms with Gasteiger partial charge >= 0.3 is 0 Å². The minimum absolute atomic E-state index is 0.0973. The molecule has 1 aliphatic heterocycles. The molecule has 0 saturated carbocycles. The summed E-state index contributed by atoms with van der Waals surface area (Å²) in [4.78, 5) is 15.4. The van der Waals surface area contributed by atoms with Crippen LogP contribution in [0.3, 0.4) is 0 Å². The summed E-state index contributed by atoms with van der Waals surface area (Å²) in [5.41, 5.74) is 15.7. The zero-order chi connectivity index (χ0) is 15.4. The number of anilines is 1. The third-order valence-corrected chi connectivity index (χ3v) is 4.31. The summed E-state index contributed by atoms with van der Waals surface area (Å²) in [6.45, 7) is 4.15. The van der Waals surface area contributed by atoms with Gasteiger partial charge in [0.05, 0.1) is 22.9 Å². The van der Waals surface area contributed by atoms with E-state index in [1.54, 1.807) is 6.20 Å². The fourth-order valence-electron chi connectivity index (χ4n) is 3.35. The first-order valence-corrected chi connectivity index (χ1v) is 7.20. The summed E-state index contributed by atoms with van der Waals surface area (Å²) in [6.07, 6.45) is 5.83. The standard InChI is InChI=1S/C17H16N4O/c1-8-5-9(2)10-3-4-11-15(12(10)6-8)20-21-17(22)14-13(18)7-19-16(11)14/h3-7,11,19H,18H2,1-2H3,(H,21,22). The summed E-state index contributed by atoms with van der Waals surface area (Å²) in [6, 6.07) is 4.26. The number of fused-ring (bicyclic) bond motifs is 5. The van der Waals surface area contributed by atoms with Crippen LogP contribution in [-0.2, 0) is 0 Å². The molecule has 4 N–H and O–H groups in total. The normalized spacial score (nSPS) is 18.7. The van der Waals surface area contributed by atoms with Gasteiger partial charge in [0.1, 0.15) is 0 Å². The van der Waals surface area contributed by atoms with Crippen molar-refractivity contribution in [2.24, 2.45) is 5.10 Å². The highest BCUT2D eigenvalue weighted by molar-refractivity contribution is 6.15. The van der Waals surface area contributed by atoms with Gasteiger partial charge in [-0.25, -0.2) is 5.43 Å². The summed E-state index contributed by atoms with van der Waals surface area (Å²) in [7, 11) is 0. The van der Waals surface area contributed by atoms with Crippen molar-refractivity contribution in [1.82, 2.24) is 10.4 Å². The van der Waals surface area contributed by atoms with Crippen LogP contribution in [0.15, 0.2) is 29.5 Å². The number of nitrogen functional groups attached to an aromatic ring is 1. The van der Waals surface area contributed by atoms with Gasteiger partial charge < -0.3 is 10.7 Å². The van der Waals surface area contributed by atoms with Gasteiger partial charge in [0.25, 0.3) is 5.91 Å². The maximum atomic E-state index is 12.2. The fourth-order valence-corrected chi connectivity index (χ4v) is 3.35. The summed E-state index contributed by atoms with van der Waals surface area (Å²) in [5, 5.41) is 4.37. The smallest absolute Gasteiger partial charge is 0.275 e. The SMILES string of the molecule is Cc1cc(C)c2c(c1)C1=NNC(=O)c3c(N)c[nH]c3C1C=C2. The first kappa shape index (κ1) is 12.9. The van der Waals surface area contributed by atoms with E-state index in [2.05, 4.69) is 53.6 Å². The van der Waals surface area contributed by atoms with Crippen LogP contribution in [0.25, 0.3) is 6.08 Å². The number of allylic oxidation sites excluding steroid dienone is 1. The number of benzene rings is 1. The zero-order valence-electron chi connectivity index (χ0n) is 12.4. The van der Waals surface area contributed by atoms with Gasteiger partial charge in [-0.1, -0.05) is 23.8 Å². The van der Waals surface area contributed by atoms with Crippen LogP contribution in [0, 0.1) is 13.8 Å². The molecule has 1 amide bonds. The van der Waals surface area contributed by atoms with Crippen molar-refractivity contribution in [1.29, 1.82) is 0 Å². The molecule has 4 rings (SSSR count). The molecule has 2 aromatic rings. The second kappa shape index (κ2) is 4.34. The Morgan fingerprint density at radius 1 is 1.27 bits per heavy atom. The number of H-pyrrole nitrogens is 1. The molecule has 2 aliphatic rings. The molecule has 110 valence electrons. The second-order valence-electron chi connectivity index (χ2n) is 5.85. The maximum Gasteiger partial charge on any atom is 0.275 e. The number of aromatic amines is 1. The molecule has 1 aromatic heterocycles. The van der Waals surface area contributed by atoms with Crippen molar-refractivity contribution in [3.05, 3.63) is 57.9 Å². The molecule has 1 atom stereocenters. The third kappa shape index (κ3) is 1.65. The highest BCUT2D eigenvalue weighted by Crippen LogP contribution is 2.36. The Kier molecular flexibility index (Phi) is 2.54. The number of amides is 1. The Morgan fingerprint density at radius 2 is 2.09 bits per heavy atom. The number of nitrogens with two attached hydrogens (primary N) is 1. The minimum Gasteiger partial charge on any atom is -0.397 e. The number of nitrogens with one attached hydrogen (secondary N) is 2. The molecule has 1 aromatic carbocycles. The molecule has 22 heavy (non-hydrogen) atoms. The van der Waals surface area contributed by atoms with Crippen molar-refractivity contribution >= 4 is 23.4 Å². The molecule has 0 spiro atoms. The number of nitrogens with zero attached hydrogens (tertiary/aromatic N) is 1. The first-order chi connectivity index (χ1) is 10.6. The second-order valence-corrected chi connectivity index (χ2v) is 5.85. The average molecular weight is 292 g/mol. The van der Waals surface area contributed by atoms with Gasteiger partial charge in [0, 0.05) is 17.5 Å². The quantitative estimate of drug-likeness (QED) is 0.697. The topological polar surface area (TPSA) is 83.3 Å². The van der Waals surface area contributed by atoms with Crippen LogP contribution in [-0.4, -0.2) is 16.6 Å². The van der Waals surface area contributed by atoms with Crippen molar-refractivity contribution < 1.29 is 4.79 Å². The summed E-state index contributed by atoms with van der Waals surface area (Å²) < 4.78 is 0. The van der Waals surface area contributed by atoms with Gasteiger partial charge in [-0.2, -0.15) is 5.10 Å². The van der Waals surface area contributed by atoms with E-state index < -0.39 is 0 Å². The van der Waals surface area contributed by atoms with Crippen LogP contribution in [0.2, 0.25) is 0 Å². The molecule has 0 radical (unpaired) electrons. The molecule has 0 fully saturated rings. The fraction of sp³-hybridized carbons (Fsp3) is 0.176. The number of hydrazone groups is 1. The van der Waals surface area contributed by atoms with E-state index in [1.807, 2.05) is 0 Å². The van der Waals surface area contributed by atoms with E-state index in [-0.39, 0.29) is 11.8 Å². The van der Waals surface area contributed by atoms with E-state index in [0.29, 0.717) is 11.3 Å². The zero-order valence-corrected chi connectivity index (χ0v) is 12.4. The van der Waals surface area contributed by atoms with Crippen LogP contribution in [0.5, 0.6) is 0 Å². The van der Waals surface area contributed by atoms with Crippen LogP contribution in [0.1, 0.15) is 44.2 Å². The Hall–Kier alpha value is -2.82. The lowest BCUT2D eigenvalue weighted by Crippen LogP contribution is -2.20. The molecule has 0 bridgehead atoms. The number of hydrogen-bond acceptors (Lipinski definition) is 3. The van der Waals surface area contributed by atoms with Gasteiger partial charge in [-0.3, -0.25) is 4.79 Å². The van der Waals surface area contributed by atoms with E-state index in [4.69, 9.17) is 5.73 Å². The molecule has 5 heteroatoms. The Labute approximate surface area is 127 Å². The number of carbonyl (C=O) groups excluding carboxylic acids is 1. The maximum absolute atomic E-state index is 12.2. The molecule has 0 saturated heterocycles. The molecule has 2 heterocycles. The van der Waals surface area contributed by atoms with Crippen LogP contribution < -0.4 is 11.2 Å². The monoisotopic (exact) mass is 292 g/mol. The van der Waals surface area contributed by atoms with Gasteiger partial charge in [-0.15, -0.1) is 0 Å². The number of aromatic nitrogens is 1. The lowest BCUT2D eigenvalue weighted by molar-refractivity contribution is 0.0956. The molecule has 1 unspecified atom stereocenters. The summed E-state index contributed by atoms with van der Waals surface area (Å²) in [5.74, 6) is -0.366. The Bertz CT molecular complexity index is 873. The van der Waals surface area contributed by atoms with Gasteiger partial charge in [-0.05, 0) is 31.0 Å². The highest BCUT2D eigenvalue weighted by atomic mass is 16.2. The summed E-state index contributed by atoms with van der Waals surface area (Å²) >= 11 is 0. The number of hydrogen-bond donors (Lipinski definition) is 3. The van der Waals surface area contributed by atoms with Crippen molar-refractivity contribution in [2.75, 3.05) is 5.73 Å². The Balaban J connectivity index is 1.98. The Morgan fingerprint density at radius 3 is 2.91 bits per heavy atom. The third-order valence-electron chi connectivity index (χ3n) is 4.31. The van der Waals surface area contributed by atoms with E-state index >= 15 is 0 Å².